The molecule has 0 aliphatic heterocycles. The van der Waals surface area contributed by atoms with Gasteiger partial charge in [-0.2, -0.15) is 0 Å². The molecule has 1 aromatic heterocycles. The molecule has 130 valence electrons. The van der Waals surface area contributed by atoms with E-state index < -0.39 is 5.60 Å². The highest BCUT2D eigenvalue weighted by Gasteiger charge is 2.22. The minimum Gasteiger partial charge on any atom is -0.459 e. The average Bonchev–Trinajstić information content (AvgIpc) is 2.95. The summed E-state index contributed by atoms with van der Waals surface area (Å²) in [5.41, 5.74) is -0.490. The van der Waals surface area contributed by atoms with Gasteiger partial charge in [-0.15, -0.1) is 11.3 Å². The van der Waals surface area contributed by atoms with Crippen LogP contribution in [-0.2, 0) is 14.9 Å². The lowest BCUT2D eigenvalue weighted by atomic mass is 9.91. The monoisotopic (exact) mass is 339 g/mol. The Bertz CT molecular complexity index is 516. The molecule has 6 heteroatoms. The van der Waals surface area contributed by atoms with E-state index in [1.165, 1.54) is 4.88 Å². The highest BCUT2D eigenvalue weighted by atomic mass is 32.1. The molecule has 5 nitrogen and oxygen atoms in total. The number of ether oxygens (including phenoxy) is 1. The average molecular weight is 340 g/mol. The smallest absolute Gasteiger partial charge is 0.328 e. The Labute approximate surface area is 143 Å². The van der Waals surface area contributed by atoms with Crippen LogP contribution in [0.4, 0.5) is 0 Å². The van der Waals surface area contributed by atoms with Crippen molar-refractivity contribution < 1.29 is 9.53 Å². The van der Waals surface area contributed by atoms with Crippen LogP contribution in [0.3, 0.4) is 0 Å². The zero-order valence-corrected chi connectivity index (χ0v) is 15.8. The minimum atomic E-state index is -0.487. The van der Waals surface area contributed by atoms with Gasteiger partial charge in [0.25, 0.3) is 0 Å². The Kier molecular flexibility index (Phi) is 7.06. The van der Waals surface area contributed by atoms with Crippen molar-refractivity contribution >= 4 is 23.3 Å². The van der Waals surface area contributed by atoms with Crippen molar-refractivity contribution in [2.24, 2.45) is 4.99 Å². The fourth-order valence-electron chi connectivity index (χ4n) is 1.91. The number of carbonyl (C=O) groups excluding carboxylic acids is 1. The quantitative estimate of drug-likeness (QED) is 0.475. The third-order valence-electron chi connectivity index (χ3n) is 3.02. The van der Waals surface area contributed by atoms with Crippen molar-refractivity contribution in [1.82, 2.24) is 10.6 Å². The van der Waals surface area contributed by atoms with Gasteiger partial charge in [0.15, 0.2) is 5.96 Å². The Morgan fingerprint density at radius 1 is 1.26 bits per heavy atom. The van der Waals surface area contributed by atoms with Crippen LogP contribution in [0.1, 0.15) is 46.4 Å². The fourth-order valence-corrected chi connectivity index (χ4v) is 2.77. The van der Waals surface area contributed by atoms with Gasteiger partial charge in [-0.1, -0.05) is 19.9 Å². The summed E-state index contributed by atoms with van der Waals surface area (Å²) in [7, 11) is 0. The molecule has 0 saturated carbocycles. The fraction of sp³-hybridized carbons (Fsp3) is 0.647. The van der Waals surface area contributed by atoms with Gasteiger partial charge < -0.3 is 15.4 Å². The molecule has 0 aromatic carbocycles. The molecular formula is C17H29N3O2S. The van der Waals surface area contributed by atoms with Crippen LogP contribution >= 0.6 is 11.3 Å². The van der Waals surface area contributed by atoms with E-state index >= 15 is 0 Å². The third kappa shape index (κ3) is 7.50. The maximum atomic E-state index is 11.8. The zero-order chi connectivity index (χ0) is 17.5. The van der Waals surface area contributed by atoms with Gasteiger partial charge in [0, 0.05) is 23.4 Å². The Balaban J connectivity index is 2.61. The number of hydrogen-bond donors (Lipinski definition) is 2. The number of aliphatic imine (C=N–C) groups is 1. The molecule has 23 heavy (non-hydrogen) atoms. The molecule has 1 heterocycles. The molecule has 0 atom stereocenters. The summed E-state index contributed by atoms with van der Waals surface area (Å²) >= 11 is 1.75. The molecule has 0 amide bonds. The van der Waals surface area contributed by atoms with Gasteiger partial charge in [0.1, 0.15) is 12.1 Å². The highest BCUT2D eigenvalue weighted by molar-refractivity contribution is 7.10. The van der Waals surface area contributed by atoms with Crippen LogP contribution in [0.25, 0.3) is 0 Å². The van der Waals surface area contributed by atoms with E-state index in [1.54, 1.807) is 11.3 Å². The summed E-state index contributed by atoms with van der Waals surface area (Å²) in [6.45, 7) is 13.4. The molecule has 0 aliphatic rings. The molecule has 0 bridgehead atoms. The maximum absolute atomic E-state index is 11.8. The summed E-state index contributed by atoms with van der Waals surface area (Å²) in [6, 6.07) is 4.20. The van der Waals surface area contributed by atoms with Crippen LogP contribution in [0.2, 0.25) is 0 Å². The molecular weight excluding hydrogens is 310 g/mol. The van der Waals surface area contributed by atoms with Gasteiger partial charge in [-0.25, -0.2) is 4.99 Å². The summed E-state index contributed by atoms with van der Waals surface area (Å²) in [4.78, 5) is 17.4. The normalized spacial score (nSPS) is 12.9. The second kappa shape index (κ2) is 8.34. The largest absolute Gasteiger partial charge is 0.459 e. The molecule has 0 saturated heterocycles. The third-order valence-corrected chi connectivity index (χ3v) is 4.25. The summed E-state index contributed by atoms with van der Waals surface area (Å²) in [5, 5.41) is 8.54. The van der Waals surface area contributed by atoms with Crippen molar-refractivity contribution in [3.8, 4) is 0 Å². The van der Waals surface area contributed by atoms with Gasteiger partial charge in [-0.05, 0) is 39.1 Å². The first-order valence-electron chi connectivity index (χ1n) is 7.92. The molecule has 0 fully saturated rings. The van der Waals surface area contributed by atoms with E-state index in [0.29, 0.717) is 5.96 Å². The molecule has 0 unspecified atom stereocenters. The predicted molar refractivity (Wildman–Crippen MR) is 97.2 cm³/mol. The van der Waals surface area contributed by atoms with Gasteiger partial charge in [0.05, 0.1) is 0 Å². The second-order valence-corrected chi connectivity index (χ2v) is 7.94. The van der Waals surface area contributed by atoms with E-state index in [0.717, 1.165) is 13.1 Å². The van der Waals surface area contributed by atoms with E-state index in [2.05, 4.69) is 47.0 Å². The molecule has 0 spiro atoms. The lowest BCUT2D eigenvalue weighted by Gasteiger charge is -2.25. The number of hydrogen-bond acceptors (Lipinski definition) is 4. The molecule has 1 rings (SSSR count). The van der Waals surface area contributed by atoms with Gasteiger partial charge >= 0.3 is 5.97 Å². The van der Waals surface area contributed by atoms with Gasteiger partial charge in [0.2, 0.25) is 0 Å². The van der Waals surface area contributed by atoms with E-state index in [1.807, 2.05) is 27.7 Å². The van der Waals surface area contributed by atoms with E-state index in [9.17, 15) is 4.79 Å². The zero-order valence-electron chi connectivity index (χ0n) is 15.0. The van der Waals surface area contributed by atoms with Crippen molar-refractivity contribution in [1.29, 1.82) is 0 Å². The Morgan fingerprint density at radius 3 is 2.48 bits per heavy atom. The lowest BCUT2D eigenvalue weighted by molar-refractivity contribution is -0.152. The Morgan fingerprint density at radius 2 is 1.96 bits per heavy atom. The topological polar surface area (TPSA) is 62.7 Å². The summed E-state index contributed by atoms with van der Waals surface area (Å²) in [5.74, 6) is 0.301. The molecule has 2 N–H and O–H groups in total. The number of nitrogens with one attached hydrogen (secondary N) is 2. The minimum absolute atomic E-state index is 0.00369. The number of esters is 1. The summed E-state index contributed by atoms with van der Waals surface area (Å²) < 4.78 is 5.27. The van der Waals surface area contributed by atoms with Crippen molar-refractivity contribution in [3.63, 3.8) is 0 Å². The molecule has 0 radical (unpaired) electrons. The van der Waals surface area contributed by atoms with E-state index in [-0.39, 0.29) is 17.9 Å². The van der Waals surface area contributed by atoms with Gasteiger partial charge in [-0.3, -0.25) is 4.79 Å². The van der Waals surface area contributed by atoms with Crippen molar-refractivity contribution in [2.75, 3.05) is 19.6 Å². The predicted octanol–water partition coefficient (Wildman–Crippen LogP) is 2.92. The van der Waals surface area contributed by atoms with Crippen LogP contribution in [0, 0.1) is 0 Å². The maximum Gasteiger partial charge on any atom is 0.328 e. The van der Waals surface area contributed by atoms with Crippen LogP contribution in [0.5, 0.6) is 0 Å². The van der Waals surface area contributed by atoms with Crippen molar-refractivity contribution in [2.45, 2.75) is 52.6 Å². The Hall–Kier alpha value is -1.56. The number of guanidine groups is 1. The van der Waals surface area contributed by atoms with Crippen LogP contribution < -0.4 is 10.6 Å². The first-order valence-corrected chi connectivity index (χ1v) is 8.80. The molecule has 0 aliphatic carbocycles. The lowest BCUT2D eigenvalue weighted by Crippen LogP contribution is -2.43. The second-order valence-electron chi connectivity index (χ2n) is 7.00. The number of thiophene rings is 1. The highest BCUT2D eigenvalue weighted by Crippen LogP contribution is 2.26. The number of carbonyl (C=O) groups is 1. The van der Waals surface area contributed by atoms with Crippen LogP contribution in [0.15, 0.2) is 22.5 Å². The number of nitrogens with zero attached hydrogens (tertiary/aromatic N) is 1. The molecule has 1 aromatic rings. The van der Waals surface area contributed by atoms with E-state index in [4.69, 9.17) is 4.74 Å². The first-order chi connectivity index (χ1) is 10.6. The SMILES string of the molecule is CCNC(=NCC(=O)OC(C)(C)C)NCC(C)(C)c1cccs1. The van der Waals surface area contributed by atoms with Crippen LogP contribution in [-0.4, -0.2) is 37.2 Å². The number of rotatable bonds is 6. The van der Waals surface area contributed by atoms with Crippen molar-refractivity contribution in [3.05, 3.63) is 22.4 Å². The summed E-state index contributed by atoms with van der Waals surface area (Å²) in [6.07, 6.45) is 0. The first kappa shape index (κ1) is 19.5. The standard InChI is InChI=1S/C17H29N3O2S/c1-7-18-15(19-11-14(21)22-16(2,3)4)20-12-17(5,6)13-9-8-10-23-13/h8-10H,7,11-12H2,1-6H3,(H2,18,19,20).